The first kappa shape index (κ1) is 19.7. The number of hydrogen-bond acceptors (Lipinski definition) is 3. The SMILES string of the molecule is Cc1nccc2nc(-c3cccc4c3oc3cc(-c5ccccc5)ccc34)n(-c3ccccc3)c12. The van der Waals surface area contributed by atoms with Crippen LogP contribution in [0.5, 0.6) is 0 Å². The van der Waals surface area contributed by atoms with Crippen molar-refractivity contribution in [2.75, 3.05) is 0 Å². The number of fused-ring (bicyclic) bond motifs is 4. The van der Waals surface area contributed by atoms with Crippen molar-refractivity contribution in [1.29, 1.82) is 0 Å². The highest BCUT2D eigenvalue weighted by Crippen LogP contribution is 2.39. The maximum atomic E-state index is 6.55. The number of rotatable bonds is 3. The van der Waals surface area contributed by atoms with Gasteiger partial charge >= 0.3 is 0 Å². The van der Waals surface area contributed by atoms with Crippen LogP contribution < -0.4 is 0 Å². The Kier molecular flexibility index (Phi) is 4.33. The van der Waals surface area contributed by atoms with Gasteiger partial charge in [0.2, 0.25) is 0 Å². The second-order valence-corrected chi connectivity index (χ2v) is 8.73. The Morgan fingerprint density at radius 3 is 2.34 bits per heavy atom. The van der Waals surface area contributed by atoms with Crippen molar-refractivity contribution < 1.29 is 4.42 Å². The van der Waals surface area contributed by atoms with Crippen LogP contribution in [0.25, 0.3) is 61.2 Å². The van der Waals surface area contributed by atoms with E-state index < -0.39 is 0 Å². The molecule has 0 bridgehead atoms. The number of aromatic nitrogens is 3. The van der Waals surface area contributed by atoms with Gasteiger partial charge in [-0.3, -0.25) is 9.55 Å². The number of benzene rings is 4. The highest BCUT2D eigenvalue weighted by molar-refractivity contribution is 6.10. The molecule has 0 saturated heterocycles. The van der Waals surface area contributed by atoms with Gasteiger partial charge in [-0.2, -0.15) is 0 Å². The lowest BCUT2D eigenvalue weighted by Gasteiger charge is -2.10. The van der Waals surface area contributed by atoms with Crippen LogP contribution in [0.1, 0.15) is 5.69 Å². The summed E-state index contributed by atoms with van der Waals surface area (Å²) in [6.45, 7) is 2.03. The Morgan fingerprint density at radius 2 is 1.51 bits per heavy atom. The first-order valence-corrected chi connectivity index (χ1v) is 11.7. The quantitative estimate of drug-likeness (QED) is 0.274. The molecule has 7 rings (SSSR count). The number of imidazole rings is 1. The molecule has 35 heavy (non-hydrogen) atoms. The lowest BCUT2D eigenvalue weighted by Crippen LogP contribution is -1.99. The third kappa shape index (κ3) is 3.07. The molecule has 0 N–H and O–H groups in total. The molecule has 3 aromatic heterocycles. The molecule has 0 spiro atoms. The van der Waals surface area contributed by atoms with Gasteiger partial charge in [-0.15, -0.1) is 0 Å². The summed E-state index contributed by atoms with van der Waals surface area (Å²) in [6, 6.07) is 35.4. The molecule has 0 aliphatic rings. The fourth-order valence-electron chi connectivity index (χ4n) is 4.98. The predicted octanol–water partition coefficient (Wildman–Crippen LogP) is 7.96. The van der Waals surface area contributed by atoms with Gasteiger partial charge in [-0.05, 0) is 54.4 Å². The van der Waals surface area contributed by atoms with E-state index in [4.69, 9.17) is 9.40 Å². The summed E-state index contributed by atoms with van der Waals surface area (Å²) < 4.78 is 8.74. The van der Waals surface area contributed by atoms with Crippen LogP contribution in [0, 0.1) is 6.92 Å². The van der Waals surface area contributed by atoms with E-state index in [9.17, 15) is 0 Å². The van der Waals surface area contributed by atoms with Gasteiger partial charge in [0, 0.05) is 22.7 Å². The zero-order valence-corrected chi connectivity index (χ0v) is 19.1. The van der Waals surface area contributed by atoms with E-state index in [0.717, 1.165) is 61.3 Å². The molecule has 4 heteroatoms. The lowest BCUT2D eigenvalue weighted by atomic mass is 10.0. The van der Waals surface area contributed by atoms with Crippen LogP contribution in [-0.2, 0) is 0 Å². The van der Waals surface area contributed by atoms with Crippen molar-refractivity contribution in [2.24, 2.45) is 0 Å². The van der Waals surface area contributed by atoms with E-state index in [1.165, 1.54) is 5.56 Å². The smallest absolute Gasteiger partial charge is 0.149 e. The highest BCUT2D eigenvalue weighted by atomic mass is 16.3. The average molecular weight is 452 g/mol. The first-order valence-electron chi connectivity index (χ1n) is 11.7. The minimum Gasteiger partial charge on any atom is -0.455 e. The van der Waals surface area contributed by atoms with Gasteiger partial charge in [0.25, 0.3) is 0 Å². The summed E-state index contributed by atoms with van der Waals surface area (Å²) in [6.07, 6.45) is 1.82. The predicted molar refractivity (Wildman–Crippen MR) is 142 cm³/mol. The van der Waals surface area contributed by atoms with Crippen LogP contribution in [0.3, 0.4) is 0 Å². The van der Waals surface area contributed by atoms with Crippen molar-refractivity contribution in [1.82, 2.24) is 14.5 Å². The molecule has 0 aliphatic heterocycles. The maximum absolute atomic E-state index is 6.55. The molecule has 0 atom stereocenters. The Morgan fingerprint density at radius 1 is 0.714 bits per heavy atom. The normalized spacial score (nSPS) is 11.6. The number of para-hydroxylation sites is 2. The van der Waals surface area contributed by atoms with Crippen LogP contribution in [0.2, 0.25) is 0 Å². The fourth-order valence-corrected chi connectivity index (χ4v) is 4.98. The van der Waals surface area contributed by atoms with Crippen molar-refractivity contribution in [3.63, 3.8) is 0 Å². The molecular formula is C31H21N3O. The summed E-state index contributed by atoms with van der Waals surface area (Å²) >= 11 is 0. The van der Waals surface area contributed by atoms with Crippen LogP contribution in [0.4, 0.5) is 0 Å². The minimum absolute atomic E-state index is 0.839. The summed E-state index contributed by atoms with van der Waals surface area (Å²) in [4.78, 5) is 9.62. The Balaban J connectivity index is 1.52. The van der Waals surface area contributed by atoms with Crippen LogP contribution in [-0.4, -0.2) is 14.5 Å². The van der Waals surface area contributed by atoms with Crippen LogP contribution in [0.15, 0.2) is 114 Å². The minimum atomic E-state index is 0.839. The van der Waals surface area contributed by atoms with Gasteiger partial charge < -0.3 is 4.42 Å². The Hall–Kier alpha value is -4.70. The second-order valence-electron chi connectivity index (χ2n) is 8.73. The molecule has 0 saturated carbocycles. The number of pyridine rings is 1. The first-order chi connectivity index (χ1) is 17.3. The Labute approximate surface area is 202 Å². The van der Waals surface area contributed by atoms with Crippen molar-refractivity contribution in [3.05, 3.63) is 115 Å². The monoisotopic (exact) mass is 451 g/mol. The highest BCUT2D eigenvalue weighted by Gasteiger charge is 2.20. The van der Waals surface area contributed by atoms with E-state index in [1.54, 1.807) is 0 Å². The Bertz CT molecular complexity index is 1850. The number of furan rings is 1. The molecule has 3 heterocycles. The third-order valence-corrected chi connectivity index (χ3v) is 6.61. The van der Waals surface area contributed by atoms with E-state index >= 15 is 0 Å². The molecule has 0 aliphatic carbocycles. The van der Waals surface area contributed by atoms with Gasteiger partial charge in [0.15, 0.2) is 0 Å². The number of aryl methyl sites for hydroxylation is 1. The maximum Gasteiger partial charge on any atom is 0.149 e. The standard InChI is InChI=1S/C31H21N3O/c1-20-29-27(17-18-32-20)33-31(34(29)23-11-6-3-7-12-23)26-14-8-13-25-24-16-15-22(19-28(24)35-30(25)26)21-9-4-2-5-10-21/h2-19H,1H3. The van der Waals surface area contributed by atoms with Crippen molar-refractivity contribution in [3.8, 4) is 28.2 Å². The van der Waals surface area contributed by atoms with Gasteiger partial charge in [0.1, 0.15) is 17.0 Å². The molecule has 4 aromatic carbocycles. The van der Waals surface area contributed by atoms with Crippen molar-refractivity contribution in [2.45, 2.75) is 6.92 Å². The van der Waals surface area contributed by atoms with E-state index in [-0.39, 0.29) is 0 Å². The molecule has 0 amide bonds. The van der Waals surface area contributed by atoms with Crippen molar-refractivity contribution >= 4 is 33.0 Å². The van der Waals surface area contributed by atoms with Gasteiger partial charge in [-0.25, -0.2) is 4.98 Å². The average Bonchev–Trinajstić information content (AvgIpc) is 3.49. The molecule has 0 unspecified atom stereocenters. The van der Waals surface area contributed by atoms with Gasteiger partial charge in [-0.1, -0.05) is 66.7 Å². The summed E-state index contributed by atoms with van der Waals surface area (Å²) in [7, 11) is 0. The zero-order chi connectivity index (χ0) is 23.4. The summed E-state index contributed by atoms with van der Waals surface area (Å²) in [5.41, 5.74) is 8.87. The van der Waals surface area contributed by atoms with Crippen LogP contribution >= 0.6 is 0 Å². The molecule has 0 fully saturated rings. The molecule has 166 valence electrons. The molecule has 7 aromatic rings. The molecule has 0 radical (unpaired) electrons. The topological polar surface area (TPSA) is 43.9 Å². The van der Waals surface area contributed by atoms with E-state index in [0.29, 0.717) is 0 Å². The van der Waals surface area contributed by atoms with Gasteiger partial charge in [0.05, 0.1) is 22.3 Å². The largest absolute Gasteiger partial charge is 0.455 e. The fraction of sp³-hybridized carbons (Fsp3) is 0.0323. The number of nitrogens with zero attached hydrogens (tertiary/aromatic N) is 3. The third-order valence-electron chi connectivity index (χ3n) is 6.61. The second kappa shape index (κ2) is 7.67. The van der Waals surface area contributed by atoms with E-state index in [2.05, 4.69) is 82.3 Å². The number of hydrogen-bond donors (Lipinski definition) is 0. The summed E-state index contributed by atoms with van der Waals surface area (Å²) in [5.74, 6) is 0.843. The molecule has 4 nitrogen and oxygen atoms in total. The molecular weight excluding hydrogens is 430 g/mol. The summed E-state index contributed by atoms with van der Waals surface area (Å²) in [5, 5.41) is 2.18. The van der Waals surface area contributed by atoms with E-state index in [1.807, 2.05) is 43.5 Å². The zero-order valence-electron chi connectivity index (χ0n) is 19.1. The lowest BCUT2D eigenvalue weighted by molar-refractivity contribution is 0.669.